The first-order valence-electron chi connectivity index (χ1n) is 5.60. The van der Waals surface area contributed by atoms with Gasteiger partial charge < -0.3 is 5.32 Å². The summed E-state index contributed by atoms with van der Waals surface area (Å²) in [4.78, 5) is 28.5. The van der Waals surface area contributed by atoms with E-state index in [0.29, 0.717) is 23.6 Å². The first-order chi connectivity index (χ1) is 8.72. The number of aromatic nitrogens is 4. The molecule has 0 atom stereocenters. The number of nitrogens with zero attached hydrogens (tertiary/aromatic N) is 4. The predicted octanol–water partition coefficient (Wildman–Crippen LogP) is 0.992. The Balaban J connectivity index is 2.51. The highest BCUT2D eigenvalue weighted by atomic mass is 16.1. The van der Waals surface area contributed by atoms with E-state index in [-0.39, 0.29) is 11.6 Å². The fourth-order valence-corrected chi connectivity index (χ4v) is 1.49. The molecule has 2 rings (SSSR count). The SMILES string of the molecule is CCNC(=O)c1nc(C)cnc1-c1cnccn1. The van der Waals surface area contributed by atoms with Crippen LogP contribution in [0, 0.1) is 6.92 Å². The molecule has 0 saturated carbocycles. The number of rotatable bonds is 3. The molecule has 6 heteroatoms. The van der Waals surface area contributed by atoms with Crippen LogP contribution in [0.3, 0.4) is 0 Å². The summed E-state index contributed by atoms with van der Waals surface area (Å²) in [6.45, 7) is 4.17. The van der Waals surface area contributed by atoms with Crippen LogP contribution in [0.5, 0.6) is 0 Å². The third kappa shape index (κ3) is 2.48. The molecule has 1 amide bonds. The van der Waals surface area contributed by atoms with Crippen LogP contribution in [0.15, 0.2) is 24.8 Å². The van der Waals surface area contributed by atoms with Crippen LogP contribution in [-0.2, 0) is 0 Å². The van der Waals surface area contributed by atoms with Gasteiger partial charge in [0.1, 0.15) is 11.4 Å². The van der Waals surface area contributed by atoms with E-state index in [1.165, 1.54) is 0 Å². The number of hydrogen-bond acceptors (Lipinski definition) is 5. The second-order valence-electron chi connectivity index (χ2n) is 3.66. The Kier molecular flexibility index (Phi) is 3.57. The zero-order valence-electron chi connectivity index (χ0n) is 10.2. The number of nitrogens with one attached hydrogen (secondary N) is 1. The molecule has 0 bridgehead atoms. The fourth-order valence-electron chi connectivity index (χ4n) is 1.49. The largest absolute Gasteiger partial charge is 0.351 e. The first kappa shape index (κ1) is 12.1. The van der Waals surface area contributed by atoms with Crippen molar-refractivity contribution >= 4 is 5.91 Å². The molecule has 2 aromatic rings. The second-order valence-corrected chi connectivity index (χ2v) is 3.66. The Morgan fingerprint density at radius 1 is 1.28 bits per heavy atom. The zero-order chi connectivity index (χ0) is 13.0. The Labute approximate surface area is 105 Å². The van der Waals surface area contributed by atoms with Gasteiger partial charge in [0.2, 0.25) is 0 Å². The maximum atomic E-state index is 11.9. The van der Waals surface area contributed by atoms with Crippen LogP contribution in [0.2, 0.25) is 0 Å². The summed E-state index contributed by atoms with van der Waals surface area (Å²) >= 11 is 0. The minimum absolute atomic E-state index is 0.255. The van der Waals surface area contributed by atoms with Crippen LogP contribution in [0.4, 0.5) is 0 Å². The monoisotopic (exact) mass is 243 g/mol. The lowest BCUT2D eigenvalue weighted by molar-refractivity contribution is 0.0951. The summed E-state index contributed by atoms with van der Waals surface area (Å²) in [7, 11) is 0. The Bertz CT molecular complexity index is 556. The maximum absolute atomic E-state index is 11.9. The molecule has 0 saturated heterocycles. The molecule has 0 aromatic carbocycles. The molecule has 0 aliphatic rings. The summed E-state index contributed by atoms with van der Waals surface area (Å²) < 4.78 is 0. The molecule has 0 radical (unpaired) electrons. The highest BCUT2D eigenvalue weighted by Gasteiger charge is 2.16. The molecule has 2 aromatic heterocycles. The third-order valence-corrected chi connectivity index (χ3v) is 2.25. The Morgan fingerprint density at radius 2 is 2.11 bits per heavy atom. The molecule has 0 aliphatic carbocycles. The van der Waals surface area contributed by atoms with Crippen molar-refractivity contribution in [3.8, 4) is 11.4 Å². The molecule has 18 heavy (non-hydrogen) atoms. The molecule has 1 N–H and O–H groups in total. The molecule has 0 fully saturated rings. The third-order valence-electron chi connectivity index (χ3n) is 2.25. The van der Waals surface area contributed by atoms with E-state index in [4.69, 9.17) is 0 Å². The summed E-state index contributed by atoms with van der Waals surface area (Å²) in [5.74, 6) is -0.255. The molecular weight excluding hydrogens is 230 g/mol. The summed E-state index contributed by atoms with van der Waals surface area (Å²) in [5, 5.41) is 2.71. The molecule has 0 aliphatic heterocycles. The summed E-state index contributed by atoms with van der Waals surface area (Å²) in [6, 6.07) is 0. The lowest BCUT2D eigenvalue weighted by Gasteiger charge is -2.07. The van der Waals surface area contributed by atoms with E-state index in [1.807, 2.05) is 6.92 Å². The number of carbonyl (C=O) groups excluding carboxylic acids is 1. The van der Waals surface area contributed by atoms with Crippen molar-refractivity contribution < 1.29 is 4.79 Å². The number of amides is 1. The minimum Gasteiger partial charge on any atom is -0.351 e. The van der Waals surface area contributed by atoms with Gasteiger partial charge in [-0.05, 0) is 13.8 Å². The van der Waals surface area contributed by atoms with E-state index in [0.717, 1.165) is 0 Å². The normalized spacial score (nSPS) is 10.1. The topological polar surface area (TPSA) is 80.7 Å². The van der Waals surface area contributed by atoms with Gasteiger partial charge in [0.15, 0.2) is 5.69 Å². The van der Waals surface area contributed by atoms with Crippen molar-refractivity contribution in [3.63, 3.8) is 0 Å². The van der Waals surface area contributed by atoms with Crippen LogP contribution >= 0.6 is 0 Å². The maximum Gasteiger partial charge on any atom is 0.272 e. The minimum atomic E-state index is -0.255. The van der Waals surface area contributed by atoms with Gasteiger partial charge in [-0.2, -0.15) is 0 Å². The van der Waals surface area contributed by atoms with E-state index < -0.39 is 0 Å². The highest BCUT2D eigenvalue weighted by Crippen LogP contribution is 2.16. The number of hydrogen-bond donors (Lipinski definition) is 1. The van der Waals surface area contributed by atoms with Crippen molar-refractivity contribution in [1.29, 1.82) is 0 Å². The molecule has 2 heterocycles. The number of carbonyl (C=O) groups is 1. The predicted molar refractivity (Wildman–Crippen MR) is 65.8 cm³/mol. The summed E-state index contributed by atoms with van der Waals surface area (Å²) in [6.07, 6.45) is 6.28. The van der Waals surface area contributed by atoms with Crippen molar-refractivity contribution in [1.82, 2.24) is 25.3 Å². The van der Waals surface area contributed by atoms with Gasteiger partial charge in [-0.3, -0.25) is 19.7 Å². The zero-order valence-corrected chi connectivity index (χ0v) is 10.2. The van der Waals surface area contributed by atoms with Gasteiger partial charge in [-0.1, -0.05) is 0 Å². The second kappa shape index (κ2) is 5.31. The molecule has 0 spiro atoms. The van der Waals surface area contributed by atoms with Gasteiger partial charge >= 0.3 is 0 Å². The highest BCUT2D eigenvalue weighted by molar-refractivity contribution is 5.97. The average molecular weight is 243 g/mol. The number of aryl methyl sites for hydroxylation is 1. The van der Waals surface area contributed by atoms with E-state index >= 15 is 0 Å². The quantitative estimate of drug-likeness (QED) is 0.869. The molecule has 0 unspecified atom stereocenters. The molecule has 6 nitrogen and oxygen atoms in total. The van der Waals surface area contributed by atoms with Crippen molar-refractivity contribution in [2.24, 2.45) is 0 Å². The van der Waals surface area contributed by atoms with Crippen molar-refractivity contribution in [2.45, 2.75) is 13.8 Å². The first-order valence-corrected chi connectivity index (χ1v) is 5.60. The fraction of sp³-hybridized carbons (Fsp3) is 0.250. The lowest BCUT2D eigenvalue weighted by Crippen LogP contribution is -2.25. The van der Waals surface area contributed by atoms with Crippen LogP contribution in [-0.4, -0.2) is 32.4 Å². The van der Waals surface area contributed by atoms with E-state index in [9.17, 15) is 4.79 Å². The van der Waals surface area contributed by atoms with Crippen LogP contribution < -0.4 is 5.32 Å². The summed E-state index contributed by atoms with van der Waals surface area (Å²) in [5.41, 5.74) is 1.94. The van der Waals surface area contributed by atoms with E-state index in [2.05, 4.69) is 25.3 Å². The van der Waals surface area contributed by atoms with Gasteiger partial charge in [0.25, 0.3) is 5.91 Å². The molecule has 92 valence electrons. The van der Waals surface area contributed by atoms with Gasteiger partial charge in [0.05, 0.1) is 11.9 Å². The molecular formula is C12H13N5O. The Hall–Kier alpha value is -2.37. The van der Waals surface area contributed by atoms with Crippen LogP contribution in [0.1, 0.15) is 23.1 Å². The van der Waals surface area contributed by atoms with E-state index in [1.54, 1.807) is 31.7 Å². The van der Waals surface area contributed by atoms with Gasteiger partial charge in [-0.25, -0.2) is 4.98 Å². The Morgan fingerprint density at radius 3 is 2.78 bits per heavy atom. The van der Waals surface area contributed by atoms with Crippen molar-refractivity contribution in [3.05, 3.63) is 36.2 Å². The van der Waals surface area contributed by atoms with Crippen LogP contribution in [0.25, 0.3) is 11.4 Å². The average Bonchev–Trinajstić information content (AvgIpc) is 2.40. The smallest absolute Gasteiger partial charge is 0.272 e. The van der Waals surface area contributed by atoms with Gasteiger partial charge in [0, 0.05) is 25.1 Å². The lowest BCUT2D eigenvalue weighted by atomic mass is 10.2. The standard InChI is InChI=1S/C12H13N5O/c1-3-14-12(18)11-10(16-6-8(2)17-11)9-7-13-4-5-15-9/h4-7H,3H2,1-2H3,(H,14,18). The van der Waals surface area contributed by atoms with Gasteiger partial charge in [-0.15, -0.1) is 0 Å². The van der Waals surface area contributed by atoms with Crippen molar-refractivity contribution in [2.75, 3.05) is 6.54 Å².